The molecule has 0 aliphatic carbocycles. The lowest BCUT2D eigenvalue weighted by Gasteiger charge is -2.35. The van der Waals surface area contributed by atoms with Crippen molar-refractivity contribution < 1.29 is 32.6 Å². The van der Waals surface area contributed by atoms with E-state index in [1.54, 1.807) is 13.1 Å². The highest BCUT2D eigenvalue weighted by Crippen LogP contribution is 2.33. The van der Waals surface area contributed by atoms with Gasteiger partial charge in [-0.2, -0.15) is 23.1 Å². The number of rotatable bonds is 3. The number of carbonyl (C=O) groups excluding carboxylic acids is 1. The molecule has 0 aromatic carbocycles. The first-order valence-corrected chi connectivity index (χ1v) is 9.72. The molecule has 1 aliphatic heterocycles. The van der Waals surface area contributed by atoms with Crippen LogP contribution in [0.5, 0.6) is 11.8 Å². The number of ether oxygens (including phenoxy) is 1. The molecular weight excluding hydrogens is 471 g/mol. The third-order valence-electron chi connectivity index (χ3n) is 4.46. The van der Waals surface area contributed by atoms with Crippen molar-refractivity contribution in [3.8, 4) is 11.8 Å². The Hall–Kier alpha value is -3.68. The van der Waals surface area contributed by atoms with Gasteiger partial charge in [-0.3, -0.25) is 4.79 Å². The minimum atomic E-state index is -5.08. The first-order chi connectivity index (χ1) is 15.6. The van der Waals surface area contributed by atoms with Crippen LogP contribution in [0.3, 0.4) is 0 Å². The Labute approximate surface area is 189 Å². The minimum absolute atomic E-state index is 0.0743. The molecule has 33 heavy (non-hydrogen) atoms. The highest BCUT2D eigenvalue weighted by molar-refractivity contribution is 6.36. The fourth-order valence-corrected chi connectivity index (χ4v) is 3.14. The van der Waals surface area contributed by atoms with Gasteiger partial charge in [0.15, 0.2) is 5.75 Å². The number of aliphatic carboxylic acids is 1. The lowest BCUT2D eigenvalue weighted by atomic mass is 10.2. The topological polar surface area (TPSA) is 137 Å². The first kappa shape index (κ1) is 24.0. The zero-order valence-electron chi connectivity index (χ0n) is 17.0. The summed E-state index contributed by atoms with van der Waals surface area (Å²) < 4.78 is 37.4. The zero-order chi connectivity index (χ0) is 24.2. The Morgan fingerprint density at radius 2 is 1.76 bits per heavy atom. The number of hydrogen-bond acceptors (Lipinski definition) is 8. The van der Waals surface area contributed by atoms with Crippen molar-refractivity contribution >= 4 is 40.3 Å². The molecule has 0 spiro atoms. The largest absolute Gasteiger partial charge is 0.490 e. The van der Waals surface area contributed by atoms with Crippen LogP contribution in [0.2, 0.25) is 5.02 Å². The van der Waals surface area contributed by atoms with E-state index in [-0.39, 0.29) is 11.9 Å². The van der Waals surface area contributed by atoms with Crippen LogP contribution in [0, 0.1) is 0 Å². The van der Waals surface area contributed by atoms with Crippen LogP contribution < -0.4 is 9.64 Å². The number of carbonyl (C=O) groups is 2. The van der Waals surface area contributed by atoms with Gasteiger partial charge >= 0.3 is 18.2 Å². The fourth-order valence-electron chi connectivity index (χ4n) is 2.91. The Balaban J connectivity index is 0.000000383. The summed E-state index contributed by atoms with van der Waals surface area (Å²) in [5, 5.41) is 8.40. The maximum absolute atomic E-state index is 11.5. The number of nitrogens with zero attached hydrogens (tertiary/aromatic N) is 6. The molecule has 3 aromatic rings. The molecule has 0 saturated carbocycles. The van der Waals surface area contributed by atoms with Crippen molar-refractivity contribution in [2.75, 3.05) is 31.1 Å². The number of piperazine rings is 1. The molecule has 15 heteroatoms. The molecule has 11 nitrogen and oxygen atoms in total. The molecule has 176 valence electrons. The monoisotopic (exact) mass is 487 g/mol. The maximum atomic E-state index is 11.5. The smallest absolute Gasteiger partial charge is 0.475 e. The van der Waals surface area contributed by atoms with Crippen LogP contribution >= 0.6 is 11.6 Å². The molecule has 4 rings (SSSR count). The number of alkyl halides is 3. The molecule has 3 aromatic heterocycles. The molecule has 0 bridgehead atoms. The van der Waals surface area contributed by atoms with Gasteiger partial charge in [-0.15, -0.1) is 0 Å². The van der Waals surface area contributed by atoms with Crippen molar-refractivity contribution in [1.82, 2.24) is 29.8 Å². The van der Waals surface area contributed by atoms with E-state index >= 15 is 0 Å². The molecular formula is C18H17ClF3N7O4. The average molecular weight is 488 g/mol. The van der Waals surface area contributed by atoms with Gasteiger partial charge in [-0.25, -0.2) is 14.8 Å². The summed E-state index contributed by atoms with van der Waals surface area (Å²) in [4.78, 5) is 44.1. The number of carboxylic acids is 1. The normalized spacial score (nSPS) is 14.0. The van der Waals surface area contributed by atoms with Gasteiger partial charge in [-0.1, -0.05) is 11.6 Å². The molecule has 0 unspecified atom stereocenters. The molecule has 1 aliphatic rings. The van der Waals surface area contributed by atoms with Crippen molar-refractivity contribution in [3.63, 3.8) is 0 Å². The molecule has 1 saturated heterocycles. The van der Waals surface area contributed by atoms with E-state index in [1.807, 2.05) is 4.90 Å². The number of H-pyrrole nitrogens is 1. The van der Waals surface area contributed by atoms with Crippen LogP contribution in [0.4, 0.5) is 19.0 Å². The average Bonchev–Trinajstić information content (AvgIpc) is 3.14. The van der Waals surface area contributed by atoms with Crippen LogP contribution in [0.25, 0.3) is 11.0 Å². The second-order valence-electron chi connectivity index (χ2n) is 6.66. The lowest BCUT2D eigenvalue weighted by Crippen LogP contribution is -2.48. The van der Waals surface area contributed by atoms with E-state index in [4.69, 9.17) is 26.2 Å². The Kier molecular flexibility index (Phi) is 7.16. The summed E-state index contributed by atoms with van der Waals surface area (Å²) in [6, 6.07) is 0.176. The van der Waals surface area contributed by atoms with Crippen LogP contribution in [-0.4, -0.2) is 79.2 Å². The lowest BCUT2D eigenvalue weighted by molar-refractivity contribution is -0.192. The van der Waals surface area contributed by atoms with Crippen LogP contribution in [0.15, 0.2) is 24.9 Å². The number of carboxylic acid groups (broad SMARTS) is 1. The van der Waals surface area contributed by atoms with Gasteiger partial charge in [0.1, 0.15) is 17.8 Å². The second kappa shape index (κ2) is 9.85. The predicted octanol–water partition coefficient (Wildman–Crippen LogP) is 2.50. The Morgan fingerprint density at radius 3 is 2.30 bits per heavy atom. The number of amides is 1. The SMILES string of the molecule is CC(=O)N1CCN(c2nc(Oc3cncnc3)nc3[nH]cc(Cl)c23)CC1.O=C(O)C(F)(F)F. The molecule has 0 radical (unpaired) electrons. The molecule has 0 atom stereocenters. The van der Waals surface area contributed by atoms with Crippen LogP contribution in [0.1, 0.15) is 6.92 Å². The fraction of sp³-hybridized carbons (Fsp3) is 0.333. The van der Waals surface area contributed by atoms with Gasteiger partial charge < -0.3 is 24.6 Å². The highest BCUT2D eigenvalue weighted by Gasteiger charge is 2.38. The Morgan fingerprint density at radius 1 is 1.15 bits per heavy atom. The molecule has 2 N–H and O–H groups in total. The van der Waals surface area contributed by atoms with Crippen molar-refractivity contribution in [2.45, 2.75) is 13.1 Å². The maximum Gasteiger partial charge on any atom is 0.490 e. The third kappa shape index (κ3) is 5.97. The van der Waals surface area contributed by atoms with E-state index in [1.165, 1.54) is 18.7 Å². The van der Waals surface area contributed by atoms with Crippen molar-refractivity contribution in [3.05, 3.63) is 29.9 Å². The quantitative estimate of drug-likeness (QED) is 0.570. The van der Waals surface area contributed by atoms with Gasteiger partial charge in [0.25, 0.3) is 0 Å². The summed E-state index contributed by atoms with van der Waals surface area (Å²) >= 11 is 6.33. The van der Waals surface area contributed by atoms with Gasteiger partial charge in [0.2, 0.25) is 5.91 Å². The standard InChI is InChI=1S/C16H16ClN7O2.C2HF3O2/c1-10(25)23-2-4-24(5-3-23)15-13-12(17)8-20-14(13)21-16(22-15)26-11-6-18-9-19-7-11;3-2(4,5)1(6)7/h6-9H,2-5H2,1H3,(H,20,21,22);(H,6,7). The number of halogens is 4. The summed E-state index contributed by atoms with van der Waals surface area (Å²) in [5.41, 5.74) is 0.584. The minimum Gasteiger partial charge on any atom is -0.475 e. The number of anilines is 1. The van der Waals surface area contributed by atoms with Crippen molar-refractivity contribution in [2.24, 2.45) is 0 Å². The van der Waals surface area contributed by atoms with E-state index < -0.39 is 12.1 Å². The van der Waals surface area contributed by atoms with Crippen LogP contribution in [-0.2, 0) is 9.59 Å². The number of hydrogen-bond donors (Lipinski definition) is 2. The summed E-state index contributed by atoms with van der Waals surface area (Å²) in [6.07, 6.45) is 1.08. The summed E-state index contributed by atoms with van der Waals surface area (Å²) in [5.74, 6) is -1.56. The Bertz CT molecular complexity index is 1140. The number of aromatic nitrogens is 5. The number of fused-ring (bicyclic) bond motifs is 1. The zero-order valence-corrected chi connectivity index (χ0v) is 17.8. The van der Waals surface area contributed by atoms with E-state index in [0.29, 0.717) is 48.4 Å². The second-order valence-corrected chi connectivity index (χ2v) is 7.07. The van der Waals surface area contributed by atoms with Gasteiger partial charge in [0, 0.05) is 39.3 Å². The highest BCUT2D eigenvalue weighted by atomic mass is 35.5. The molecule has 4 heterocycles. The van der Waals surface area contributed by atoms with E-state index in [0.717, 1.165) is 5.39 Å². The molecule has 1 amide bonds. The van der Waals surface area contributed by atoms with Gasteiger partial charge in [-0.05, 0) is 0 Å². The third-order valence-corrected chi connectivity index (χ3v) is 4.75. The number of aromatic amines is 1. The van der Waals surface area contributed by atoms with E-state index in [9.17, 15) is 18.0 Å². The van der Waals surface area contributed by atoms with E-state index in [2.05, 4.69) is 29.8 Å². The summed E-state index contributed by atoms with van der Waals surface area (Å²) in [6.45, 7) is 4.15. The first-order valence-electron chi connectivity index (χ1n) is 9.34. The molecule has 1 fully saturated rings. The summed E-state index contributed by atoms with van der Waals surface area (Å²) in [7, 11) is 0. The van der Waals surface area contributed by atoms with Crippen molar-refractivity contribution in [1.29, 1.82) is 0 Å². The predicted molar refractivity (Wildman–Crippen MR) is 109 cm³/mol. The number of nitrogens with one attached hydrogen (secondary N) is 1. The van der Waals surface area contributed by atoms with Gasteiger partial charge in [0.05, 0.1) is 22.8 Å².